The maximum absolute atomic E-state index is 14.6. The van der Waals surface area contributed by atoms with E-state index in [1.807, 2.05) is 13.8 Å². The van der Waals surface area contributed by atoms with Crippen molar-refractivity contribution in [3.05, 3.63) is 94.3 Å². The van der Waals surface area contributed by atoms with Gasteiger partial charge < -0.3 is 15.4 Å². The molecule has 6 rings (SSSR count). The lowest BCUT2D eigenvalue weighted by molar-refractivity contribution is -0.138. The fraction of sp³-hybridized carbons (Fsp3) is 0.424. The van der Waals surface area contributed by atoms with E-state index < -0.39 is 46.5 Å². The van der Waals surface area contributed by atoms with Crippen molar-refractivity contribution >= 4 is 17.8 Å². The predicted molar refractivity (Wildman–Crippen MR) is 159 cm³/mol. The number of amides is 2. The highest BCUT2D eigenvalue weighted by molar-refractivity contribution is 6.07. The highest BCUT2D eigenvalue weighted by Crippen LogP contribution is 2.45. The number of carbonyl (C=O) groups excluding carboxylic acids is 2. The van der Waals surface area contributed by atoms with Crippen LogP contribution in [0.4, 0.5) is 17.6 Å². The largest absolute Gasteiger partial charge is 0.417 e. The molecule has 3 aromatic rings. The van der Waals surface area contributed by atoms with Gasteiger partial charge in [0.15, 0.2) is 11.5 Å². The first-order valence-electron chi connectivity index (χ1n) is 15.2. The molecular formula is C33H34F4N6O3. The molecule has 46 heavy (non-hydrogen) atoms. The number of benzene rings is 2. The third-order valence-corrected chi connectivity index (χ3v) is 8.85. The maximum atomic E-state index is 14.6. The zero-order chi connectivity index (χ0) is 32.8. The molecule has 3 aliphatic rings. The molecule has 2 aromatic carbocycles. The van der Waals surface area contributed by atoms with Gasteiger partial charge in [0.1, 0.15) is 5.82 Å². The summed E-state index contributed by atoms with van der Waals surface area (Å²) in [6, 6.07) is 8.07. The molecule has 0 aliphatic carbocycles. The first kappa shape index (κ1) is 31.6. The zero-order valence-electron chi connectivity index (χ0n) is 25.4. The highest BCUT2D eigenvalue weighted by Gasteiger charge is 2.53. The summed E-state index contributed by atoms with van der Waals surface area (Å²) in [7, 11) is 0. The first-order chi connectivity index (χ1) is 21.9. The highest BCUT2D eigenvalue weighted by atomic mass is 19.4. The quantitative estimate of drug-likeness (QED) is 0.333. The minimum atomic E-state index is -4.81. The lowest BCUT2D eigenvalue weighted by Crippen LogP contribution is -2.46. The summed E-state index contributed by atoms with van der Waals surface area (Å²) in [4.78, 5) is 44.1. The number of aliphatic imine (C=N–C) groups is 1. The summed E-state index contributed by atoms with van der Waals surface area (Å²) in [5, 5.41) is 0. The van der Waals surface area contributed by atoms with Gasteiger partial charge in [-0.15, -0.1) is 0 Å². The van der Waals surface area contributed by atoms with Crippen LogP contribution in [0.15, 0.2) is 59.9 Å². The molecule has 0 bridgehead atoms. The Hall–Kier alpha value is -4.39. The van der Waals surface area contributed by atoms with E-state index >= 15 is 0 Å². The van der Waals surface area contributed by atoms with Gasteiger partial charge in [0.25, 0.3) is 11.8 Å². The first-order valence-corrected chi connectivity index (χ1v) is 15.2. The third kappa shape index (κ3) is 5.83. The molecule has 0 saturated carbocycles. The minimum absolute atomic E-state index is 0.0158. The van der Waals surface area contributed by atoms with Crippen LogP contribution in [0.3, 0.4) is 0 Å². The minimum Gasteiger partial charge on any atom is -0.381 e. The second-order valence-electron chi connectivity index (χ2n) is 12.5. The number of guanidine groups is 1. The molecule has 242 valence electrons. The van der Waals surface area contributed by atoms with Crippen LogP contribution in [0.2, 0.25) is 0 Å². The molecule has 0 radical (unpaired) electrons. The number of halogens is 4. The van der Waals surface area contributed by atoms with E-state index in [1.165, 1.54) is 58.6 Å². The van der Waals surface area contributed by atoms with Crippen molar-refractivity contribution in [3.63, 3.8) is 0 Å². The number of alkyl halides is 3. The molecule has 0 spiro atoms. The van der Waals surface area contributed by atoms with E-state index in [4.69, 9.17) is 15.5 Å². The van der Waals surface area contributed by atoms with Gasteiger partial charge in [-0.2, -0.15) is 13.2 Å². The Balaban J connectivity index is 1.41. The summed E-state index contributed by atoms with van der Waals surface area (Å²) in [5.74, 6) is -1.91. The number of ether oxygens (including phenoxy) is 1. The Kier molecular flexibility index (Phi) is 8.30. The Morgan fingerprint density at radius 3 is 2.35 bits per heavy atom. The summed E-state index contributed by atoms with van der Waals surface area (Å²) in [6.45, 7) is 4.84. The molecule has 3 aliphatic heterocycles. The van der Waals surface area contributed by atoms with Crippen LogP contribution in [0.5, 0.6) is 0 Å². The van der Waals surface area contributed by atoms with Crippen LogP contribution in [0.1, 0.15) is 77.6 Å². The number of rotatable bonds is 8. The van der Waals surface area contributed by atoms with Crippen molar-refractivity contribution < 1.29 is 31.9 Å². The molecule has 3 atom stereocenters. The fourth-order valence-corrected chi connectivity index (χ4v) is 6.65. The number of fused-ring (bicyclic) bond motifs is 1. The van der Waals surface area contributed by atoms with Gasteiger partial charge >= 0.3 is 6.18 Å². The average Bonchev–Trinajstić information content (AvgIpc) is 3.74. The SMILES string of the molecule is CC(C)CC(c1ccc(C(F)(F)F)c(C(=O)N2Cc3nccnc3C2)c1)N1C(=O)C(CC2CCOC2)(c2ccc(F)cc2)N=C1N. The summed E-state index contributed by atoms with van der Waals surface area (Å²) in [5.41, 5.74) is 5.24. The van der Waals surface area contributed by atoms with Crippen LogP contribution < -0.4 is 5.73 Å². The van der Waals surface area contributed by atoms with Gasteiger partial charge in [0.05, 0.1) is 41.6 Å². The number of carbonyl (C=O) groups is 2. The van der Waals surface area contributed by atoms with Crippen LogP contribution in [-0.4, -0.2) is 50.8 Å². The molecular weight excluding hydrogens is 604 g/mol. The summed E-state index contributed by atoms with van der Waals surface area (Å²) in [6.07, 6.45) is -0.596. The van der Waals surface area contributed by atoms with Crippen LogP contribution in [0, 0.1) is 17.7 Å². The molecule has 2 N–H and O–H groups in total. The van der Waals surface area contributed by atoms with E-state index in [9.17, 15) is 27.2 Å². The second kappa shape index (κ2) is 12.1. The van der Waals surface area contributed by atoms with Gasteiger partial charge in [0, 0.05) is 25.6 Å². The van der Waals surface area contributed by atoms with E-state index in [1.54, 1.807) is 0 Å². The molecule has 2 amide bonds. The van der Waals surface area contributed by atoms with Crippen molar-refractivity contribution in [1.29, 1.82) is 0 Å². The fourth-order valence-electron chi connectivity index (χ4n) is 6.65. The van der Waals surface area contributed by atoms with E-state index in [2.05, 4.69) is 9.97 Å². The number of nitrogens with zero attached hydrogens (tertiary/aromatic N) is 5. The lowest BCUT2D eigenvalue weighted by Gasteiger charge is -2.34. The van der Waals surface area contributed by atoms with E-state index in [-0.39, 0.29) is 37.3 Å². The molecule has 1 saturated heterocycles. The molecule has 13 heteroatoms. The van der Waals surface area contributed by atoms with Crippen LogP contribution in [0.25, 0.3) is 0 Å². The Bertz CT molecular complexity index is 1650. The molecule has 3 unspecified atom stereocenters. The van der Waals surface area contributed by atoms with Crippen molar-refractivity contribution in [2.75, 3.05) is 13.2 Å². The topological polar surface area (TPSA) is 114 Å². The van der Waals surface area contributed by atoms with Crippen molar-refractivity contribution in [2.45, 2.75) is 64.0 Å². The predicted octanol–water partition coefficient (Wildman–Crippen LogP) is 5.36. The maximum Gasteiger partial charge on any atom is 0.417 e. The smallest absolute Gasteiger partial charge is 0.381 e. The summed E-state index contributed by atoms with van der Waals surface area (Å²) < 4.78 is 62.4. The Morgan fingerprint density at radius 1 is 1.09 bits per heavy atom. The van der Waals surface area contributed by atoms with Crippen LogP contribution >= 0.6 is 0 Å². The molecule has 1 aromatic heterocycles. The summed E-state index contributed by atoms with van der Waals surface area (Å²) >= 11 is 0. The monoisotopic (exact) mass is 638 g/mol. The number of aromatic nitrogens is 2. The number of hydrogen-bond donors (Lipinski definition) is 1. The Morgan fingerprint density at radius 2 is 1.76 bits per heavy atom. The van der Waals surface area contributed by atoms with Gasteiger partial charge in [0.2, 0.25) is 0 Å². The van der Waals surface area contributed by atoms with E-state index in [0.717, 1.165) is 6.07 Å². The van der Waals surface area contributed by atoms with Gasteiger partial charge in [-0.1, -0.05) is 32.0 Å². The van der Waals surface area contributed by atoms with Crippen molar-refractivity contribution in [2.24, 2.45) is 22.6 Å². The second-order valence-corrected chi connectivity index (χ2v) is 12.5. The average molecular weight is 639 g/mol. The van der Waals surface area contributed by atoms with Gasteiger partial charge in [-0.25, -0.2) is 9.38 Å². The Labute approximate surface area is 263 Å². The molecule has 4 heterocycles. The number of hydrogen-bond acceptors (Lipinski definition) is 7. The van der Waals surface area contributed by atoms with Crippen molar-refractivity contribution in [3.8, 4) is 0 Å². The molecule has 1 fully saturated rings. The lowest BCUT2D eigenvalue weighted by atomic mass is 9.80. The normalized spacial score (nSPS) is 22.0. The third-order valence-electron chi connectivity index (χ3n) is 8.85. The van der Waals surface area contributed by atoms with Crippen molar-refractivity contribution in [1.82, 2.24) is 19.8 Å². The molecule has 9 nitrogen and oxygen atoms in total. The number of nitrogens with two attached hydrogens (primary N) is 1. The van der Waals surface area contributed by atoms with E-state index in [0.29, 0.717) is 48.6 Å². The zero-order valence-corrected chi connectivity index (χ0v) is 25.4. The standard InChI is InChI=1S/C33H34F4N6O3/c1-19(2)13-28(43-30(45)32(41-31(43)38,15-20-9-12-46-18-20)22-4-6-23(34)7-5-22)21-3-8-25(33(35,36)37)24(14-21)29(44)42-16-26-27(17-42)40-11-10-39-26/h3-8,10-11,14,19-20,28H,9,12-13,15-18H2,1-2H3,(H2,38,41). The van der Waals surface area contributed by atoms with Gasteiger partial charge in [-0.05, 0) is 66.5 Å². The van der Waals surface area contributed by atoms with Gasteiger partial charge in [-0.3, -0.25) is 24.5 Å². The van der Waals surface area contributed by atoms with Crippen LogP contribution in [-0.2, 0) is 34.3 Å².